The van der Waals surface area contributed by atoms with E-state index in [4.69, 9.17) is 4.74 Å². The lowest BCUT2D eigenvalue weighted by molar-refractivity contribution is -0.386. The molecule has 0 aliphatic carbocycles. The van der Waals surface area contributed by atoms with Crippen molar-refractivity contribution in [2.45, 2.75) is 12.6 Å². The molecule has 0 saturated carbocycles. The number of benzene rings is 1. The van der Waals surface area contributed by atoms with Crippen LogP contribution in [-0.4, -0.2) is 32.3 Å². The van der Waals surface area contributed by atoms with Crippen molar-refractivity contribution in [1.82, 2.24) is 9.55 Å². The van der Waals surface area contributed by atoms with Crippen LogP contribution in [0.15, 0.2) is 46.1 Å². The molecule has 9 heteroatoms. The summed E-state index contributed by atoms with van der Waals surface area (Å²) in [5, 5.41) is 20.5. The predicted octanol–water partition coefficient (Wildman–Crippen LogP) is -0.115. The van der Waals surface area contributed by atoms with Crippen molar-refractivity contribution in [1.29, 1.82) is 0 Å². The second kappa shape index (κ2) is 6.68. The molecule has 1 atom stereocenters. The molecule has 1 unspecified atom stereocenters. The number of aliphatic hydroxyl groups is 1. The third-order valence-electron chi connectivity index (χ3n) is 2.78. The second-order valence-corrected chi connectivity index (χ2v) is 4.46. The smallest absolute Gasteiger partial charge is 0.350 e. The van der Waals surface area contributed by atoms with Crippen molar-refractivity contribution in [3.05, 3.63) is 67.5 Å². The molecule has 0 radical (unpaired) electrons. The van der Waals surface area contributed by atoms with E-state index in [1.165, 1.54) is 0 Å². The molecule has 0 amide bonds. The normalized spacial score (nSPS) is 11.9. The Labute approximate surface area is 123 Å². The van der Waals surface area contributed by atoms with Gasteiger partial charge < -0.3 is 9.84 Å². The number of hydrogen-bond donors (Lipinski definition) is 2. The van der Waals surface area contributed by atoms with Crippen LogP contribution in [0, 0.1) is 10.1 Å². The molecule has 0 fully saturated rings. The Morgan fingerprint density at radius 1 is 1.32 bits per heavy atom. The van der Waals surface area contributed by atoms with Gasteiger partial charge in [-0.1, -0.05) is 18.2 Å². The average Bonchev–Trinajstić information content (AvgIpc) is 2.48. The van der Waals surface area contributed by atoms with Crippen molar-refractivity contribution in [3.63, 3.8) is 0 Å². The van der Waals surface area contributed by atoms with Crippen LogP contribution in [0.2, 0.25) is 0 Å². The fraction of sp³-hybridized carbons (Fsp3) is 0.231. The molecular weight excluding hydrogens is 294 g/mol. The van der Waals surface area contributed by atoms with E-state index in [0.717, 1.165) is 10.8 Å². The van der Waals surface area contributed by atoms with Crippen molar-refractivity contribution in [2.75, 3.05) is 6.61 Å². The standard InChI is InChI=1S/C13H13N3O6/c17-9(8-22-10-4-2-1-3-5-10)6-15-7-11(16(20)21)12(18)14-13(15)19/h1-5,7,9,17H,6,8H2,(H,14,18,19). The van der Waals surface area contributed by atoms with Crippen molar-refractivity contribution in [3.8, 4) is 5.75 Å². The Balaban J connectivity index is 2.07. The number of para-hydroxylation sites is 1. The third-order valence-corrected chi connectivity index (χ3v) is 2.78. The third kappa shape index (κ3) is 3.79. The van der Waals surface area contributed by atoms with Crippen molar-refractivity contribution in [2.24, 2.45) is 0 Å². The highest BCUT2D eigenvalue weighted by Gasteiger charge is 2.16. The molecule has 9 nitrogen and oxygen atoms in total. The minimum atomic E-state index is -1.08. The van der Waals surface area contributed by atoms with Gasteiger partial charge in [-0.3, -0.25) is 24.5 Å². The first kappa shape index (κ1) is 15.4. The van der Waals surface area contributed by atoms with Crippen LogP contribution in [0.3, 0.4) is 0 Å². The fourth-order valence-corrected chi connectivity index (χ4v) is 1.75. The highest BCUT2D eigenvalue weighted by Crippen LogP contribution is 2.09. The van der Waals surface area contributed by atoms with Gasteiger partial charge in [-0.25, -0.2) is 4.79 Å². The zero-order valence-corrected chi connectivity index (χ0v) is 11.3. The van der Waals surface area contributed by atoms with E-state index in [9.17, 15) is 24.8 Å². The van der Waals surface area contributed by atoms with Gasteiger partial charge in [-0.2, -0.15) is 0 Å². The van der Waals surface area contributed by atoms with Crippen LogP contribution < -0.4 is 16.0 Å². The number of H-pyrrole nitrogens is 1. The SMILES string of the molecule is O=c1[nH]c(=O)n(CC(O)COc2ccccc2)cc1[N+](=O)[O-]. The zero-order chi connectivity index (χ0) is 16.1. The fourth-order valence-electron chi connectivity index (χ4n) is 1.75. The summed E-state index contributed by atoms with van der Waals surface area (Å²) in [5.41, 5.74) is -2.69. The number of nitrogens with one attached hydrogen (secondary N) is 1. The number of aromatic nitrogens is 2. The Morgan fingerprint density at radius 2 is 2.00 bits per heavy atom. The van der Waals surface area contributed by atoms with Gasteiger partial charge in [-0.05, 0) is 12.1 Å². The summed E-state index contributed by atoms with van der Waals surface area (Å²) < 4.78 is 6.17. The minimum Gasteiger partial charge on any atom is -0.491 e. The monoisotopic (exact) mass is 307 g/mol. The number of rotatable bonds is 6. The second-order valence-electron chi connectivity index (χ2n) is 4.46. The van der Waals surface area contributed by atoms with Gasteiger partial charge in [0.25, 0.3) is 0 Å². The van der Waals surface area contributed by atoms with Gasteiger partial charge in [0.2, 0.25) is 0 Å². The van der Waals surface area contributed by atoms with Gasteiger partial charge in [-0.15, -0.1) is 0 Å². The molecule has 0 spiro atoms. The molecular formula is C13H13N3O6. The van der Waals surface area contributed by atoms with E-state index in [0.29, 0.717) is 5.75 Å². The van der Waals surface area contributed by atoms with Crippen LogP contribution in [0.4, 0.5) is 5.69 Å². The summed E-state index contributed by atoms with van der Waals surface area (Å²) in [6, 6.07) is 8.73. The Bertz CT molecular complexity index is 767. The van der Waals surface area contributed by atoms with Gasteiger partial charge in [0.1, 0.15) is 18.5 Å². The molecule has 1 aromatic heterocycles. The maximum atomic E-state index is 11.6. The molecule has 0 aliphatic rings. The average molecular weight is 307 g/mol. The quantitative estimate of drug-likeness (QED) is 0.566. The summed E-state index contributed by atoms with van der Waals surface area (Å²) in [6.07, 6.45) is -0.282. The van der Waals surface area contributed by atoms with Crippen molar-refractivity contribution < 1.29 is 14.8 Å². The lowest BCUT2D eigenvalue weighted by Gasteiger charge is -2.13. The minimum absolute atomic E-state index is 0.108. The zero-order valence-electron chi connectivity index (χ0n) is 11.3. The van der Waals surface area contributed by atoms with E-state index < -0.39 is 28.0 Å². The molecule has 0 bridgehead atoms. The summed E-state index contributed by atoms with van der Waals surface area (Å²) in [6.45, 7) is -0.354. The lowest BCUT2D eigenvalue weighted by atomic mass is 10.3. The summed E-state index contributed by atoms with van der Waals surface area (Å²) in [5.74, 6) is 0.543. The molecule has 22 heavy (non-hydrogen) atoms. The number of nitrogens with zero attached hydrogens (tertiary/aromatic N) is 2. The molecule has 2 aromatic rings. The van der Waals surface area contributed by atoms with Gasteiger partial charge in [0.15, 0.2) is 0 Å². The Morgan fingerprint density at radius 3 is 2.64 bits per heavy atom. The molecule has 0 saturated heterocycles. The number of aromatic amines is 1. The van der Waals surface area contributed by atoms with E-state index in [1.807, 2.05) is 11.1 Å². The molecule has 0 aliphatic heterocycles. The van der Waals surface area contributed by atoms with Crippen LogP contribution in [0.25, 0.3) is 0 Å². The van der Waals surface area contributed by atoms with Crippen LogP contribution >= 0.6 is 0 Å². The number of aliphatic hydroxyl groups excluding tert-OH is 1. The number of nitro groups is 1. The molecule has 1 aromatic carbocycles. The summed E-state index contributed by atoms with van der Waals surface area (Å²) in [4.78, 5) is 34.4. The van der Waals surface area contributed by atoms with E-state index >= 15 is 0 Å². The van der Waals surface area contributed by atoms with Crippen molar-refractivity contribution >= 4 is 5.69 Å². The first-order chi connectivity index (χ1) is 10.5. The maximum Gasteiger partial charge on any atom is 0.350 e. The van der Waals surface area contributed by atoms with Gasteiger partial charge in [0, 0.05) is 0 Å². The Hall–Kier alpha value is -2.94. The van der Waals surface area contributed by atoms with Gasteiger partial charge >= 0.3 is 16.9 Å². The van der Waals surface area contributed by atoms with Crippen LogP contribution in [0.1, 0.15) is 0 Å². The highest BCUT2D eigenvalue weighted by molar-refractivity contribution is 5.21. The number of ether oxygens (including phenoxy) is 1. The first-order valence-electron chi connectivity index (χ1n) is 6.31. The van der Waals surface area contributed by atoms with E-state index in [2.05, 4.69) is 0 Å². The van der Waals surface area contributed by atoms with Crippen LogP contribution in [0.5, 0.6) is 5.75 Å². The largest absolute Gasteiger partial charge is 0.491 e. The van der Waals surface area contributed by atoms with Crippen LogP contribution in [-0.2, 0) is 6.54 Å². The lowest BCUT2D eigenvalue weighted by Crippen LogP contribution is -2.35. The van der Waals surface area contributed by atoms with E-state index in [1.54, 1.807) is 24.3 Å². The maximum absolute atomic E-state index is 11.6. The predicted molar refractivity (Wildman–Crippen MR) is 75.9 cm³/mol. The Kier molecular flexibility index (Phi) is 4.69. The summed E-state index contributed by atoms with van der Waals surface area (Å²) in [7, 11) is 0. The molecule has 2 N–H and O–H groups in total. The molecule has 2 rings (SSSR count). The van der Waals surface area contributed by atoms with E-state index in [-0.39, 0.29) is 13.2 Å². The topological polar surface area (TPSA) is 127 Å². The van der Waals surface area contributed by atoms with Gasteiger partial charge in [0.05, 0.1) is 17.7 Å². The molecule has 1 heterocycles. The highest BCUT2D eigenvalue weighted by atomic mass is 16.6. The molecule has 116 valence electrons. The number of hydrogen-bond acceptors (Lipinski definition) is 6. The summed E-state index contributed by atoms with van der Waals surface area (Å²) >= 11 is 0. The first-order valence-corrected chi connectivity index (χ1v) is 6.31.